The third-order valence-electron chi connectivity index (χ3n) is 4.83. The lowest BCUT2D eigenvalue weighted by Crippen LogP contribution is -2.28. The molecule has 0 radical (unpaired) electrons. The minimum Gasteiger partial charge on any atom is -0.502 e. The second-order valence-electron chi connectivity index (χ2n) is 7.00. The van der Waals surface area contributed by atoms with Crippen molar-refractivity contribution in [3.05, 3.63) is 82.4 Å². The van der Waals surface area contributed by atoms with Crippen LogP contribution in [0.4, 0.5) is 4.39 Å². The number of amides is 1. The number of ether oxygens (including phenoxy) is 2. The molecule has 3 aromatic rings. The number of amidine groups is 1. The number of phenolic OH excluding ortho intramolecular Hbond substituents is 1. The zero-order valence-electron chi connectivity index (χ0n) is 18.3. The molecule has 1 amide bonds. The third-order valence-corrected chi connectivity index (χ3v) is 5.82. The Hall–Kier alpha value is -4.05. The van der Waals surface area contributed by atoms with E-state index in [0.29, 0.717) is 21.4 Å². The molecular formula is C24H20FN3O5S. The summed E-state index contributed by atoms with van der Waals surface area (Å²) in [7, 11) is 2.84. The van der Waals surface area contributed by atoms with Crippen LogP contribution in [0.25, 0.3) is 6.08 Å². The number of carbonyl (C=O) groups excluding carboxylic acids is 1. The van der Waals surface area contributed by atoms with Crippen LogP contribution in [0, 0.1) is 5.82 Å². The van der Waals surface area contributed by atoms with Gasteiger partial charge in [0.15, 0.2) is 16.7 Å². The standard InChI is InChI=1S/C24H20FN3O5S/c1-31-19-10-15(11-20(32-2)22(19)29)12-21-23(30)28(14-17-7-5-9-33-17)24(34-21)27-26-13-16-6-3-4-8-18(16)25/h3-13,29H,14H2,1-2H3/b21-12-,26-13-,27-24+. The maximum atomic E-state index is 13.9. The highest BCUT2D eigenvalue weighted by Crippen LogP contribution is 2.39. The number of hydrogen-bond donors (Lipinski definition) is 1. The smallest absolute Gasteiger partial charge is 0.267 e. The van der Waals surface area contributed by atoms with Crippen molar-refractivity contribution in [3.63, 3.8) is 0 Å². The molecule has 0 bridgehead atoms. The Bertz CT molecular complexity index is 1260. The molecule has 2 heterocycles. The highest BCUT2D eigenvalue weighted by Gasteiger charge is 2.34. The van der Waals surface area contributed by atoms with E-state index < -0.39 is 5.82 Å². The van der Waals surface area contributed by atoms with Crippen molar-refractivity contribution in [2.24, 2.45) is 10.2 Å². The van der Waals surface area contributed by atoms with E-state index >= 15 is 0 Å². The van der Waals surface area contributed by atoms with E-state index in [1.165, 1.54) is 37.7 Å². The molecule has 1 aromatic heterocycles. The average Bonchev–Trinajstić information content (AvgIpc) is 3.45. The lowest BCUT2D eigenvalue weighted by atomic mass is 10.1. The maximum Gasteiger partial charge on any atom is 0.267 e. The molecule has 0 spiro atoms. The van der Waals surface area contributed by atoms with Crippen LogP contribution in [-0.2, 0) is 11.3 Å². The van der Waals surface area contributed by atoms with Gasteiger partial charge in [0.25, 0.3) is 5.91 Å². The van der Waals surface area contributed by atoms with Crippen molar-refractivity contribution >= 4 is 35.1 Å². The molecule has 4 rings (SSSR count). The first-order valence-corrected chi connectivity index (χ1v) is 10.9. The fourth-order valence-electron chi connectivity index (χ4n) is 3.15. The summed E-state index contributed by atoms with van der Waals surface area (Å²) in [5, 5.41) is 18.6. The van der Waals surface area contributed by atoms with Gasteiger partial charge in [-0.05, 0) is 53.7 Å². The van der Waals surface area contributed by atoms with E-state index in [1.54, 1.807) is 48.5 Å². The molecule has 1 fully saturated rings. The Morgan fingerprint density at radius 1 is 1.15 bits per heavy atom. The number of furan rings is 1. The van der Waals surface area contributed by atoms with Gasteiger partial charge in [-0.2, -0.15) is 5.10 Å². The minimum absolute atomic E-state index is 0.137. The molecule has 0 unspecified atom stereocenters. The van der Waals surface area contributed by atoms with Crippen molar-refractivity contribution in [1.82, 2.24) is 4.90 Å². The summed E-state index contributed by atoms with van der Waals surface area (Å²) in [6.07, 6.45) is 4.44. The fourth-order valence-corrected chi connectivity index (χ4v) is 4.08. The Morgan fingerprint density at radius 2 is 1.88 bits per heavy atom. The van der Waals surface area contributed by atoms with Gasteiger partial charge in [-0.3, -0.25) is 9.69 Å². The molecule has 34 heavy (non-hydrogen) atoms. The van der Waals surface area contributed by atoms with Gasteiger partial charge in [0.05, 0.1) is 38.1 Å². The van der Waals surface area contributed by atoms with Crippen molar-refractivity contribution < 1.29 is 28.2 Å². The van der Waals surface area contributed by atoms with Gasteiger partial charge < -0.3 is 19.0 Å². The number of rotatable bonds is 7. The zero-order valence-corrected chi connectivity index (χ0v) is 19.1. The normalized spacial score (nSPS) is 16.2. The summed E-state index contributed by atoms with van der Waals surface area (Å²) in [6.45, 7) is 0.145. The number of phenols is 1. The SMILES string of the molecule is COc1cc(/C=C2\S/C(=N/N=C\c3ccccc3F)N(Cc3ccco3)C2=O)cc(OC)c1O. The van der Waals surface area contributed by atoms with E-state index in [4.69, 9.17) is 13.9 Å². The number of nitrogens with zero attached hydrogens (tertiary/aromatic N) is 3. The number of carbonyl (C=O) groups is 1. The van der Waals surface area contributed by atoms with Gasteiger partial charge in [0.2, 0.25) is 5.75 Å². The zero-order chi connectivity index (χ0) is 24.1. The van der Waals surface area contributed by atoms with Gasteiger partial charge in [0.1, 0.15) is 11.6 Å². The summed E-state index contributed by atoms with van der Waals surface area (Å²) in [4.78, 5) is 15.0. The number of hydrogen-bond acceptors (Lipinski definition) is 8. The van der Waals surface area contributed by atoms with E-state index in [1.807, 2.05) is 0 Å². The molecule has 1 aliphatic rings. The molecule has 1 aliphatic heterocycles. The number of thioether (sulfide) groups is 1. The van der Waals surface area contributed by atoms with Gasteiger partial charge in [-0.1, -0.05) is 18.2 Å². The number of methoxy groups -OCH3 is 2. The van der Waals surface area contributed by atoms with Gasteiger partial charge in [-0.25, -0.2) is 4.39 Å². The Labute approximate surface area is 199 Å². The molecular weight excluding hydrogens is 461 g/mol. The predicted octanol–water partition coefficient (Wildman–Crippen LogP) is 4.65. The van der Waals surface area contributed by atoms with Crippen LogP contribution in [0.2, 0.25) is 0 Å². The van der Waals surface area contributed by atoms with Gasteiger partial charge in [-0.15, -0.1) is 5.10 Å². The Kier molecular flexibility index (Phi) is 6.98. The molecule has 8 nitrogen and oxygen atoms in total. The lowest BCUT2D eigenvalue weighted by molar-refractivity contribution is -0.122. The molecule has 2 aromatic carbocycles. The second-order valence-corrected chi connectivity index (χ2v) is 8.01. The quantitative estimate of drug-likeness (QED) is 0.300. The molecule has 1 N–H and O–H groups in total. The van der Waals surface area contributed by atoms with E-state index in [-0.39, 0.29) is 35.3 Å². The van der Waals surface area contributed by atoms with Crippen molar-refractivity contribution in [1.29, 1.82) is 0 Å². The summed E-state index contributed by atoms with van der Waals surface area (Å²) < 4.78 is 29.6. The van der Waals surface area contributed by atoms with Crippen LogP contribution in [-0.4, -0.2) is 41.5 Å². The largest absolute Gasteiger partial charge is 0.502 e. The molecule has 0 aliphatic carbocycles. The molecule has 1 saturated heterocycles. The number of benzene rings is 2. The Morgan fingerprint density at radius 3 is 2.53 bits per heavy atom. The second kappa shape index (κ2) is 10.3. The number of aromatic hydroxyl groups is 1. The average molecular weight is 482 g/mol. The lowest BCUT2D eigenvalue weighted by Gasteiger charge is -2.12. The van der Waals surface area contributed by atoms with Crippen LogP contribution in [0.3, 0.4) is 0 Å². The topological polar surface area (TPSA) is 96.9 Å². The molecule has 0 atom stereocenters. The monoisotopic (exact) mass is 481 g/mol. The highest BCUT2D eigenvalue weighted by molar-refractivity contribution is 8.18. The summed E-state index contributed by atoms with van der Waals surface area (Å²) in [5.41, 5.74) is 0.856. The maximum absolute atomic E-state index is 13.9. The van der Waals surface area contributed by atoms with E-state index in [0.717, 1.165) is 11.8 Å². The van der Waals surface area contributed by atoms with Crippen molar-refractivity contribution in [3.8, 4) is 17.2 Å². The first-order valence-electron chi connectivity index (χ1n) is 10.0. The van der Waals surface area contributed by atoms with E-state index in [2.05, 4.69) is 10.2 Å². The van der Waals surface area contributed by atoms with Crippen molar-refractivity contribution in [2.45, 2.75) is 6.54 Å². The summed E-state index contributed by atoms with van der Waals surface area (Å²) in [6, 6.07) is 12.8. The van der Waals surface area contributed by atoms with Gasteiger partial charge in [0, 0.05) is 5.56 Å². The van der Waals surface area contributed by atoms with Crippen LogP contribution in [0.1, 0.15) is 16.9 Å². The third kappa shape index (κ3) is 4.96. The number of halogens is 1. The molecule has 0 saturated carbocycles. The van der Waals surface area contributed by atoms with Crippen LogP contribution in [0.15, 0.2) is 74.3 Å². The van der Waals surface area contributed by atoms with Crippen LogP contribution in [0.5, 0.6) is 17.2 Å². The highest BCUT2D eigenvalue weighted by atomic mass is 32.2. The molecule has 10 heteroatoms. The molecule has 174 valence electrons. The van der Waals surface area contributed by atoms with Crippen LogP contribution < -0.4 is 9.47 Å². The predicted molar refractivity (Wildman–Crippen MR) is 127 cm³/mol. The fraction of sp³-hybridized carbons (Fsp3) is 0.125. The minimum atomic E-state index is -0.426. The van der Waals surface area contributed by atoms with Crippen molar-refractivity contribution in [2.75, 3.05) is 14.2 Å². The first-order chi connectivity index (χ1) is 16.5. The van der Waals surface area contributed by atoms with E-state index in [9.17, 15) is 14.3 Å². The van der Waals surface area contributed by atoms with Gasteiger partial charge >= 0.3 is 0 Å². The van der Waals surface area contributed by atoms with Crippen LogP contribution >= 0.6 is 11.8 Å². The Balaban J connectivity index is 1.67. The first kappa shape index (κ1) is 23.1. The summed E-state index contributed by atoms with van der Waals surface area (Å²) in [5.74, 6) is 0.0997. The summed E-state index contributed by atoms with van der Waals surface area (Å²) >= 11 is 1.11.